The quantitative estimate of drug-likeness (QED) is 0.318. The third-order valence-corrected chi connectivity index (χ3v) is 2.00. The summed E-state index contributed by atoms with van der Waals surface area (Å²) in [5.74, 6) is -0.496. The van der Waals surface area contributed by atoms with Gasteiger partial charge in [-0.2, -0.15) is 0 Å². The molecule has 0 bridgehead atoms. The average Bonchev–Trinajstić information content (AvgIpc) is 2.31. The standard InChI is InChI=1S/C6H12N6O/c7-4-1-12(2-5(4)8)3-6(13)10-11-9/h4-5H,1-3,7-8H2. The molecule has 1 amide bonds. The number of rotatable bonds is 2. The van der Waals surface area contributed by atoms with Crippen molar-refractivity contribution in [2.45, 2.75) is 12.1 Å². The van der Waals surface area contributed by atoms with Gasteiger partial charge in [0.15, 0.2) is 0 Å². The van der Waals surface area contributed by atoms with Gasteiger partial charge in [0.25, 0.3) is 0 Å². The maximum Gasteiger partial charge on any atom is 0.232 e. The molecule has 7 heteroatoms. The van der Waals surface area contributed by atoms with Crippen molar-refractivity contribution < 1.29 is 4.79 Å². The molecule has 0 aromatic rings. The molecule has 1 fully saturated rings. The maximum atomic E-state index is 10.9. The number of hydrogen-bond donors (Lipinski definition) is 2. The van der Waals surface area contributed by atoms with Crippen LogP contribution in [0.15, 0.2) is 5.11 Å². The van der Waals surface area contributed by atoms with Crippen LogP contribution in [0.2, 0.25) is 0 Å². The van der Waals surface area contributed by atoms with Crippen molar-refractivity contribution in [3.63, 3.8) is 0 Å². The minimum absolute atomic E-state index is 0.0983. The summed E-state index contributed by atoms with van der Waals surface area (Å²) >= 11 is 0. The van der Waals surface area contributed by atoms with Crippen molar-refractivity contribution in [1.82, 2.24) is 4.90 Å². The molecule has 4 N–H and O–H groups in total. The van der Waals surface area contributed by atoms with E-state index in [1.807, 2.05) is 0 Å². The Morgan fingerprint density at radius 2 is 2.08 bits per heavy atom. The van der Waals surface area contributed by atoms with E-state index in [-0.39, 0.29) is 18.6 Å². The van der Waals surface area contributed by atoms with E-state index in [9.17, 15) is 4.79 Å². The van der Waals surface area contributed by atoms with Gasteiger partial charge in [-0.15, -0.1) is 0 Å². The molecule has 1 aliphatic heterocycles. The minimum Gasteiger partial charge on any atom is -0.325 e. The summed E-state index contributed by atoms with van der Waals surface area (Å²) in [4.78, 5) is 15.1. The lowest BCUT2D eigenvalue weighted by Crippen LogP contribution is -2.39. The highest BCUT2D eigenvalue weighted by molar-refractivity contribution is 5.78. The Balaban J connectivity index is 2.40. The summed E-state index contributed by atoms with van der Waals surface area (Å²) in [6.07, 6.45) is 0. The Hall–Kier alpha value is -1.14. The van der Waals surface area contributed by atoms with Crippen LogP contribution in [0.25, 0.3) is 10.4 Å². The van der Waals surface area contributed by atoms with Crippen LogP contribution < -0.4 is 11.5 Å². The number of likely N-dealkylation sites (tertiary alicyclic amines) is 1. The van der Waals surface area contributed by atoms with E-state index in [4.69, 9.17) is 17.0 Å². The SMILES string of the molecule is [N-]=[N+]=NC(=O)CN1CC(N)C(N)C1. The van der Waals surface area contributed by atoms with Gasteiger partial charge in [0.1, 0.15) is 0 Å². The zero-order chi connectivity index (χ0) is 9.84. The Morgan fingerprint density at radius 3 is 2.54 bits per heavy atom. The molecule has 0 saturated carbocycles. The second-order valence-electron chi connectivity index (χ2n) is 3.10. The second kappa shape index (κ2) is 4.20. The van der Waals surface area contributed by atoms with Gasteiger partial charge in [0.05, 0.1) is 6.54 Å². The molecule has 1 heterocycles. The van der Waals surface area contributed by atoms with Gasteiger partial charge in [0.2, 0.25) is 5.91 Å². The Morgan fingerprint density at radius 1 is 1.54 bits per heavy atom. The van der Waals surface area contributed by atoms with Crippen LogP contribution >= 0.6 is 0 Å². The van der Waals surface area contributed by atoms with Crippen LogP contribution in [0.5, 0.6) is 0 Å². The molecule has 1 rings (SSSR count). The highest BCUT2D eigenvalue weighted by Crippen LogP contribution is 2.05. The predicted molar refractivity (Wildman–Crippen MR) is 46.5 cm³/mol. The number of carbonyl (C=O) groups is 1. The van der Waals surface area contributed by atoms with Gasteiger partial charge in [-0.3, -0.25) is 9.69 Å². The van der Waals surface area contributed by atoms with Gasteiger partial charge in [0, 0.05) is 30.1 Å². The Bertz CT molecular complexity index is 238. The van der Waals surface area contributed by atoms with E-state index in [1.165, 1.54) is 0 Å². The van der Waals surface area contributed by atoms with Gasteiger partial charge < -0.3 is 11.5 Å². The summed E-state index contributed by atoms with van der Waals surface area (Å²) in [7, 11) is 0. The summed E-state index contributed by atoms with van der Waals surface area (Å²) in [5, 5.41) is 2.96. The van der Waals surface area contributed by atoms with Crippen molar-refractivity contribution >= 4 is 5.91 Å². The lowest BCUT2D eigenvalue weighted by Gasteiger charge is -2.11. The van der Waals surface area contributed by atoms with Crippen LogP contribution in [-0.4, -0.2) is 42.5 Å². The average molecular weight is 184 g/mol. The van der Waals surface area contributed by atoms with E-state index in [2.05, 4.69) is 10.0 Å². The number of azide groups is 1. The first-order valence-electron chi connectivity index (χ1n) is 3.95. The van der Waals surface area contributed by atoms with Crippen molar-refractivity contribution in [1.29, 1.82) is 0 Å². The molecule has 2 unspecified atom stereocenters. The first-order valence-corrected chi connectivity index (χ1v) is 3.95. The summed E-state index contributed by atoms with van der Waals surface area (Å²) in [5.41, 5.74) is 19.3. The highest BCUT2D eigenvalue weighted by atomic mass is 16.2. The topological polar surface area (TPSA) is 121 Å². The second-order valence-corrected chi connectivity index (χ2v) is 3.10. The molecule has 0 aromatic carbocycles. The zero-order valence-electron chi connectivity index (χ0n) is 7.13. The molecule has 1 saturated heterocycles. The number of nitrogens with two attached hydrogens (primary N) is 2. The van der Waals surface area contributed by atoms with E-state index < -0.39 is 5.91 Å². The van der Waals surface area contributed by atoms with Crippen molar-refractivity contribution in [2.24, 2.45) is 16.6 Å². The monoisotopic (exact) mass is 184 g/mol. The molecule has 0 aliphatic carbocycles. The van der Waals surface area contributed by atoms with Gasteiger partial charge >= 0.3 is 0 Å². The zero-order valence-corrected chi connectivity index (χ0v) is 7.13. The fourth-order valence-electron chi connectivity index (χ4n) is 1.34. The molecular formula is C6H12N6O. The van der Waals surface area contributed by atoms with Gasteiger partial charge in [-0.05, 0) is 10.6 Å². The molecule has 7 nitrogen and oxygen atoms in total. The molecule has 2 atom stereocenters. The third-order valence-electron chi connectivity index (χ3n) is 2.00. The number of hydrogen-bond acceptors (Lipinski definition) is 4. The summed E-state index contributed by atoms with van der Waals surface area (Å²) in [6, 6.07) is -0.197. The largest absolute Gasteiger partial charge is 0.325 e. The van der Waals surface area contributed by atoms with E-state index in [1.54, 1.807) is 4.90 Å². The Labute approximate surface area is 75.3 Å². The van der Waals surface area contributed by atoms with Crippen LogP contribution in [0.3, 0.4) is 0 Å². The van der Waals surface area contributed by atoms with E-state index in [0.717, 1.165) is 0 Å². The molecule has 0 aromatic heterocycles. The summed E-state index contributed by atoms with van der Waals surface area (Å²) < 4.78 is 0. The molecule has 13 heavy (non-hydrogen) atoms. The normalized spacial score (nSPS) is 28.5. The van der Waals surface area contributed by atoms with Crippen molar-refractivity contribution in [2.75, 3.05) is 19.6 Å². The lowest BCUT2D eigenvalue weighted by atomic mass is 10.2. The van der Waals surface area contributed by atoms with Crippen LogP contribution in [-0.2, 0) is 4.79 Å². The fourth-order valence-corrected chi connectivity index (χ4v) is 1.34. The van der Waals surface area contributed by atoms with Crippen LogP contribution in [0.4, 0.5) is 0 Å². The number of carbonyl (C=O) groups excluding carboxylic acids is 1. The molecule has 0 spiro atoms. The molecule has 1 aliphatic rings. The number of nitrogens with zero attached hydrogens (tertiary/aromatic N) is 4. The maximum absolute atomic E-state index is 10.9. The van der Waals surface area contributed by atoms with Gasteiger partial charge in [-0.25, -0.2) is 0 Å². The first kappa shape index (κ1) is 9.94. The van der Waals surface area contributed by atoms with Crippen LogP contribution in [0.1, 0.15) is 0 Å². The Kier molecular flexibility index (Phi) is 3.21. The first-order chi connectivity index (χ1) is 6.13. The molecular weight excluding hydrogens is 172 g/mol. The van der Waals surface area contributed by atoms with E-state index in [0.29, 0.717) is 13.1 Å². The minimum atomic E-state index is -0.496. The van der Waals surface area contributed by atoms with E-state index >= 15 is 0 Å². The smallest absolute Gasteiger partial charge is 0.232 e. The third kappa shape index (κ3) is 2.67. The molecule has 72 valence electrons. The summed E-state index contributed by atoms with van der Waals surface area (Å²) in [6.45, 7) is 1.26. The highest BCUT2D eigenvalue weighted by Gasteiger charge is 2.27. The molecule has 0 radical (unpaired) electrons. The predicted octanol–water partition coefficient (Wildman–Crippen LogP) is -1.21. The van der Waals surface area contributed by atoms with Crippen molar-refractivity contribution in [3.05, 3.63) is 10.4 Å². The number of amides is 1. The van der Waals surface area contributed by atoms with Crippen molar-refractivity contribution in [3.8, 4) is 0 Å². The van der Waals surface area contributed by atoms with Crippen LogP contribution in [0, 0.1) is 0 Å². The fraction of sp³-hybridized carbons (Fsp3) is 0.833. The lowest BCUT2D eigenvalue weighted by molar-refractivity contribution is -0.118. The van der Waals surface area contributed by atoms with Gasteiger partial charge in [-0.1, -0.05) is 0 Å².